The molecule has 11 heteroatoms. The van der Waals surface area contributed by atoms with Gasteiger partial charge in [-0.15, -0.1) is 0 Å². The fourth-order valence-corrected chi connectivity index (χ4v) is 2.92. The summed E-state index contributed by atoms with van der Waals surface area (Å²) in [5.74, 6) is -1.88. The molecule has 31 heavy (non-hydrogen) atoms. The maximum absolute atomic E-state index is 12.9. The van der Waals surface area contributed by atoms with Gasteiger partial charge in [0.2, 0.25) is 0 Å². The number of ether oxygens (including phenoxy) is 1. The van der Waals surface area contributed by atoms with Gasteiger partial charge in [-0.3, -0.25) is 9.59 Å². The molecule has 0 saturated carbocycles. The normalized spacial score (nSPS) is 12.5. The second kappa shape index (κ2) is 8.38. The fourth-order valence-electron chi connectivity index (χ4n) is 2.75. The fraction of sp³-hybridized carbons (Fsp3) is 0.200. The maximum Gasteiger partial charge on any atom is 0.416 e. The van der Waals surface area contributed by atoms with Crippen molar-refractivity contribution in [2.24, 2.45) is 7.05 Å². The standard InChI is InChI=1S/C20H15ClF3N3O4/c1-10(17(28)25-15-9-11(20(22,23)24)7-8-14(15)21)31-19(30)16-12-5-3-4-6-13(12)18(29)27(2)26-16/h3-10H,1-2H3,(H,25,28)/t10-/m0/s1. The van der Waals surface area contributed by atoms with Gasteiger partial charge < -0.3 is 10.1 Å². The van der Waals surface area contributed by atoms with Crippen LogP contribution in [0, 0.1) is 0 Å². The molecule has 0 unspecified atom stereocenters. The molecule has 162 valence electrons. The average Bonchev–Trinajstić information content (AvgIpc) is 2.71. The van der Waals surface area contributed by atoms with Crippen molar-refractivity contribution in [3.8, 4) is 0 Å². The number of rotatable bonds is 4. The summed E-state index contributed by atoms with van der Waals surface area (Å²) in [7, 11) is 1.36. The van der Waals surface area contributed by atoms with E-state index in [0.29, 0.717) is 6.07 Å². The summed E-state index contributed by atoms with van der Waals surface area (Å²) in [4.78, 5) is 37.1. The molecule has 0 aliphatic heterocycles. The van der Waals surface area contributed by atoms with Gasteiger partial charge in [-0.1, -0.05) is 29.8 Å². The number of hydrogen-bond donors (Lipinski definition) is 1. The third-order valence-electron chi connectivity index (χ3n) is 4.35. The highest BCUT2D eigenvalue weighted by Gasteiger charge is 2.31. The third-order valence-corrected chi connectivity index (χ3v) is 4.68. The summed E-state index contributed by atoms with van der Waals surface area (Å²) in [6.07, 6.45) is -6.02. The number of fused-ring (bicyclic) bond motifs is 1. The van der Waals surface area contributed by atoms with Crippen LogP contribution in [0.4, 0.5) is 18.9 Å². The Morgan fingerprint density at radius 2 is 1.81 bits per heavy atom. The van der Waals surface area contributed by atoms with E-state index >= 15 is 0 Å². The van der Waals surface area contributed by atoms with Crippen molar-refractivity contribution >= 4 is 39.9 Å². The number of carbonyl (C=O) groups excluding carboxylic acids is 2. The molecule has 0 aliphatic rings. The van der Waals surface area contributed by atoms with E-state index in [1.54, 1.807) is 12.1 Å². The predicted octanol–water partition coefficient (Wildman–Crippen LogP) is 3.79. The Hall–Kier alpha value is -3.40. The lowest BCUT2D eigenvalue weighted by molar-refractivity contribution is -0.137. The molecule has 1 N–H and O–H groups in total. The van der Waals surface area contributed by atoms with Crippen molar-refractivity contribution in [1.82, 2.24) is 9.78 Å². The van der Waals surface area contributed by atoms with Crippen LogP contribution in [0.1, 0.15) is 23.0 Å². The molecule has 1 aromatic heterocycles. The summed E-state index contributed by atoms with van der Waals surface area (Å²) in [6, 6.07) is 8.70. The Kier molecular flexibility index (Phi) is 6.03. The van der Waals surface area contributed by atoms with Gasteiger partial charge in [-0.25, -0.2) is 9.48 Å². The summed E-state index contributed by atoms with van der Waals surface area (Å²) >= 11 is 5.86. The number of hydrogen-bond acceptors (Lipinski definition) is 5. The quantitative estimate of drug-likeness (QED) is 0.607. The van der Waals surface area contributed by atoms with Crippen LogP contribution in [-0.4, -0.2) is 27.8 Å². The molecule has 7 nitrogen and oxygen atoms in total. The van der Waals surface area contributed by atoms with E-state index in [4.69, 9.17) is 16.3 Å². The van der Waals surface area contributed by atoms with Gasteiger partial charge in [0.25, 0.3) is 11.5 Å². The van der Waals surface area contributed by atoms with Gasteiger partial charge in [0, 0.05) is 12.4 Å². The lowest BCUT2D eigenvalue weighted by Crippen LogP contribution is -2.31. The average molecular weight is 454 g/mol. The Balaban J connectivity index is 1.81. The summed E-state index contributed by atoms with van der Waals surface area (Å²) < 4.78 is 44.7. The lowest BCUT2D eigenvalue weighted by Gasteiger charge is -2.16. The third kappa shape index (κ3) is 4.69. The molecule has 0 saturated heterocycles. The number of alkyl halides is 3. The van der Waals surface area contributed by atoms with Gasteiger partial charge >= 0.3 is 12.1 Å². The number of aromatic nitrogens is 2. The van der Waals surface area contributed by atoms with E-state index in [1.165, 1.54) is 26.1 Å². The molecule has 1 heterocycles. The van der Waals surface area contributed by atoms with Crippen molar-refractivity contribution in [1.29, 1.82) is 0 Å². The van der Waals surface area contributed by atoms with Crippen LogP contribution in [0.3, 0.4) is 0 Å². The van der Waals surface area contributed by atoms with Crippen molar-refractivity contribution in [3.05, 3.63) is 69.1 Å². The van der Waals surface area contributed by atoms with E-state index < -0.39 is 35.3 Å². The molecular weight excluding hydrogens is 439 g/mol. The zero-order chi connectivity index (χ0) is 22.9. The predicted molar refractivity (Wildman–Crippen MR) is 107 cm³/mol. The first-order chi connectivity index (χ1) is 14.5. The van der Waals surface area contributed by atoms with Gasteiger partial charge in [-0.2, -0.15) is 18.3 Å². The number of aryl methyl sites for hydroxylation is 1. The summed E-state index contributed by atoms with van der Waals surface area (Å²) in [6.45, 7) is 1.24. The minimum atomic E-state index is -4.63. The van der Waals surface area contributed by atoms with E-state index in [1.807, 2.05) is 0 Å². The number of anilines is 1. The molecule has 0 spiro atoms. The van der Waals surface area contributed by atoms with Gasteiger partial charge in [0.15, 0.2) is 11.8 Å². The zero-order valence-electron chi connectivity index (χ0n) is 16.2. The zero-order valence-corrected chi connectivity index (χ0v) is 16.9. The highest BCUT2D eigenvalue weighted by atomic mass is 35.5. The largest absolute Gasteiger partial charge is 0.448 e. The smallest absolute Gasteiger partial charge is 0.416 e. The molecule has 1 amide bonds. The lowest BCUT2D eigenvalue weighted by atomic mass is 10.1. The van der Waals surface area contributed by atoms with Crippen LogP contribution in [0.25, 0.3) is 10.8 Å². The van der Waals surface area contributed by atoms with Crippen molar-refractivity contribution in [3.63, 3.8) is 0 Å². The molecule has 1 atom stereocenters. The molecule has 2 aromatic carbocycles. The molecule has 0 fully saturated rings. The van der Waals surface area contributed by atoms with Crippen LogP contribution in [-0.2, 0) is 22.8 Å². The van der Waals surface area contributed by atoms with Gasteiger partial charge in [0.1, 0.15) is 0 Å². The number of benzene rings is 2. The Morgan fingerprint density at radius 1 is 1.16 bits per heavy atom. The van der Waals surface area contributed by atoms with Crippen molar-refractivity contribution in [2.45, 2.75) is 19.2 Å². The molecule has 3 rings (SSSR count). The highest BCUT2D eigenvalue weighted by Crippen LogP contribution is 2.33. The van der Waals surface area contributed by atoms with E-state index in [9.17, 15) is 27.6 Å². The number of halogens is 4. The SMILES string of the molecule is C[C@H](OC(=O)c1nn(C)c(=O)c2ccccc12)C(=O)Nc1cc(C(F)(F)F)ccc1Cl. The second-order valence-electron chi connectivity index (χ2n) is 6.55. The number of esters is 1. The first-order valence-electron chi connectivity index (χ1n) is 8.83. The minimum absolute atomic E-state index is 0.120. The monoisotopic (exact) mass is 453 g/mol. The van der Waals surface area contributed by atoms with Gasteiger partial charge in [-0.05, 0) is 31.2 Å². The molecule has 0 bridgehead atoms. The summed E-state index contributed by atoms with van der Waals surface area (Å²) in [5, 5.41) is 6.47. The second-order valence-corrected chi connectivity index (χ2v) is 6.96. The maximum atomic E-state index is 12.9. The number of amides is 1. The first-order valence-corrected chi connectivity index (χ1v) is 9.21. The summed E-state index contributed by atoms with van der Waals surface area (Å²) in [5.41, 5.74) is -1.89. The van der Waals surface area contributed by atoms with Crippen LogP contribution in [0.2, 0.25) is 5.02 Å². The first kappa shape index (κ1) is 22.3. The molecular formula is C20H15ClF3N3O4. The molecule has 0 radical (unpaired) electrons. The Bertz CT molecular complexity index is 1240. The number of nitrogens with one attached hydrogen (secondary N) is 1. The van der Waals surface area contributed by atoms with E-state index in [2.05, 4.69) is 10.4 Å². The topological polar surface area (TPSA) is 90.3 Å². The van der Waals surface area contributed by atoms with E-state index in [-0.39, 0.29) is 27.2 Å². The minimum Gasteiger partial charge on any atom is -0.448 e. The van der Waals surface area contributed by atoms with Crippen LogP contribution < -0.4 is 10.9 Å². The van der Waals surface area contributed by atoms with Crippen molar-refractivity contribution < 1.29 is 27.5 Å². The van der Waals surface area contributed by atoms with Gasteiger partial charge in [0.05, 0.1) is 21.7 Å². The van der Waals surface area contributed by atoms with Crippen molar-refractivity contribution in [2.75, 3.05) is 5.32 Å². The molecule has 3 aromatic rings. The Labute approximate surface area is 178 Å². The number of carbonyl (C=O) groups is 2. The molecule has 0 aliphatic carbocycles. The van der Waals surface area contributed by atoms with Crippen LogP contribution in [0.5, 0.6) is 0 Å². The van der Waals surface area contributed by atoms with E-state index in [0.717, 1.165) is 16.8 Å². The van der Waals surface area contributed by atoms with Crippen LogP contribution in [0.15, 0.2) is 47.3 Å². The highest BCUT2D eigenvalue weighted by molar-refractivity contribution is 6.33. The Morgan fingerprint density at radius 3 is 2.45 bits per heavy atom. The number of nitrogens with zero attached hydrogens (tertiary/aromatic N) is 2. The van der Waals surface area contributed by atoms with Crippen LogP contribution >= 0.6 is 11.6 Å².